The highest BCUT2D eigenvalue weighted by Crippen LogP contribution is 2.25. The summed E-state index contributed by atoms with van der Waals surface area (Å²) in [5.74, 6) is -1.49. The lowest BCUT2D eigenvalue weighted by atomic mass is 10.0. The van der Waals surface area contributed by atoms with Crippen molar-refractivity contribution in [1.82, 2.24) is 0 Å². The molecule has 0 radical (unpaired) electrons. The molecule has 0 saturated carbocycles. The van der Waals surface area contributed by atoms with Gasteiger partial charge in [-0.05, 0) is 0 Å². The monoisotopic (exact) mass is 225 g/mol. The first-order chi connectivity index (χ1) is 5.46. The van der Waals surface area contributed by atoms with E-state index in [1.165, 1.54) is 0 Å². The molecule has 1 rings (SSSR count). The summed E-state index contributed by atoms with van der Waals surface area (Å²) >= 11 is 16.1. The van der Waals surface area contributed by atoms with E-state index in [0.29, 0.717) is 0 Å². The topological polar surface area (TPSA) is 58.0 Å². The highest BCUT2D eigenvalue weighted by atomic mass is 35.5. The van der Waals surface area contributed by atoms with Crippen molar-refractivity contribution in [1.29, 1.82) is 5.41 Å². The quantitative estimate of drug-likeness (QED) is 0.636. The van der Waals surface area contributed by atoms with E-state index >= 15 is 0 Å². The van der Waals surface area contributed by atoms with Gasteiger partial charge in [-0.2, -0.15) is 0 Å². The standard InChI is InChI=1S/C6H2Cl3NO2/c7-1-2(8)6(12)4(10)3(9)5(1)11/h3,10H. The predicted molar refractivity (Wildman–Crippen MR) is 46.1 cm³/mol. The molecule has 0 amide bonds. The molecule has 0 heterocycles. The van der Waals surface area contributed by atoms with Gasteiger partial charge >= 0.3 is 0 Å². The molecule has 0 bridgehead atoms. The minimum Gasteiger partial charge on any atom is -0.299 e. The van der Waals surface area contributed by atoms with Crippen LogP contribution in [0.4, 0.5) is 0 Å². The van der Waals surface area contributed by atoms with Gasteiger partial charge in [-0.3, -0.25) is 15.0 Å². The van der Waals surface area contributed by atoms with Gasteiger partial charge in [-0.25, -0.2) is 0 Å². The number of carbonyl (C=O) groups excluding carboxylic acids is 2. The van der Waals surface area contributed by atoms with Crippen molar-refractivity contribution in [2.75, 3.05) is 0 Å². The van der Waals surface area contributed by atoms with Crippen LogP contribution in [0.25, 0.3) is 0 Å². The Morgan fingerprint density at radius 2 is 1.67 bits per heavy atom. The molecular formula is C6H2Cl3NO2. The lowest BCUT2D eigenvalue weighted by Crippen LogP contribution is -2.36. The summed E-state index contributed by atoms with van der Waals surface area (Å²) < 4.78 is 0. The molecule has 0 aromatic rings. The largest absolute Gasteiger partial charge is 0.299 e. The number of hydrogen-bond acceptors (Lipinski definition) is 3. The van der Waals surface area contributed by atoms with Crippen molar-refractivity contribution in [3.8, 4) is 0 Å². The number of carbonyl (C=O) groups is 2. The second kappa shape index (κ2) is 3.17. The smallest absolute Gasteiger partial charge is 0.221 e. The summed E-state index contributed by atoms with van der Waals surface area (Å²) in [7, 11) is 0. The summed E-state index contributed by atoms with van der Waals surface area (Å²) in [5.41, 5.74) is -0.531. The first-order valence-corrected chi connectivity index (χ1v) is 4.02. The molecule has 0 spiro atoms. The molecule has 0 aromatic heterocycles. The fourth-order valence-corrected chi connectivity index (χ4v) is 1.34. The molecule has 3 nitrogen and oxygen atoms in total. The van der Waals surface area contributed by atoms with E-state index in [2.05, 4.69) is 0 Å². The number of rotatable bonds is 0. The van der Waals surface area contributed by atoms with Gasteiger partial charge < -0.3 is 0 Å². The van der Waals surface area contributed by atoms with E-state index in [4.69, 9.17) is 40.2 Å². The van der Waals surface area contributed by atoms with Gasteiger partial charge in [-0.1, -0.05) is 23.2 Å². The first kappa shape index (κ1) is 9.71. The lowest BCUT2D eigenvalue weighted by Gasteiger charge is -2.14. The van der Waals surface area contributed by atoms with E-state index in [1.54, 1.807) is 0 Å². The number of halogens is 3. The van der Waals surface area contributed by atoms with Crippen LogP contribution in [0.2, 0.25) is 0 Å². The van der Waals surface area contributed by atoms with Crippen molar-refractivity contribution in [2.24, 2.45) is 0 Å². The van der Waals surface area contributed by atoms with E-state index in [1.807, 2.05) is 0 Å². The number of nitrogens with one attached hydrogen (secondary N) is 1. The SMILES string of the molecule is N=C1C(=O)C(Cl)=C(Cl)C(=O)C1Cl. The minimum atomic E-state index is -1.30. The molecule has 1 aliphatic carbocycles. The Kier molecular flexibility index (Phi) is 2.56. The van der Waals surface area contributed by atoms with E-state index in [-0.39, 0.29) is 0 Å². The van der Waals surface area contributed by atoms with Gasteiger partial charge in [0.1, 0.15) is 21.2 Å². The number of ketones is 2. The fourth-order valence-electron chi connectivity index (χ4n) is 0.684. The maximum atomic E-state index is 11.0. The van der Waals surface area contributed by atoms with E-state index in [0.717, 1.165) is 0 Å². The number of hydrogen-bond donors (Lipinski definition) is 1. The number of Topliss-reactive ketones (excluding diaryl/α,β-unsaturated/α-hetero) is 2. The van der Waals surface area contributed by atoms with Crippen LogP contribution in [-0.4, -0.2) is 22.7 Å². The molecule has 1 aliphatic rings. The fraction of sp³-hybridized carbons (Fsp3) is 0.167. The average Bonchev–Trinajstić information content (AvgIpc) is 2.08. The van der Waals surface area contributed by atoms with Crippen LogP contribution < -0.4 is 0 Å². The Labute approximate surface area is 82.8 Å². The maximum Gasteiger partial charge on any atom is 0.221 e. The molecule has 1 atom stereocenters. The Bertz CT molecular complexity index is 321. The van der Waals surface area contributed by atoms with E-state index < -0.39 is 32.7 Å². The summed E-state index contributed by atoms with van der Waals surface area (Å²) in [6.07, 6.45) is 0. The zero-order chi connectivity index (χ0) is 9.46. The molecular weight excluding hydrogens is 224 g/mol. The van der Waals surface area contributed by atoms with E-state index in [9.17, 15) is 9.59 Å². The Balaban J connectivity index is 3.27. The van der Waals surface area contributed by atoms with Gasteiger partial charge in [0.2, 0.25) is 5.78 Å². The van der Waals surface area contributed by atoms with Gasteiger partial charge in [0.15, 0.2) is 5.78 Å². The van der Waals surface area contributed by atoms with Crippen LogP contribution >= 0.6 is 34.8 Å². The Hall–Kier alpha value is -0.380. The molecule has 0 fully saturated rings. The van der Waals surface area contributed by atoms with Gasteiger partial charge in [0.25, 0.3) is 0 Å². The first-order valence-electron chi connectivity index (χ1n) is 2.83. The van der Waals surface area contributed by atoms with Crippen molar-refractivity contribution >= 4 is 52.1 Å². The molecule has 1 N–H and O–H groups in total. The predicted octanol–water partition coefficient (Wildman–Crippen LogP) is 1.45. The molecule has 0 aliphatic heterocycles. The maximum absolute atomic E-state index is 11.0. The highest BCUT2D eigenvalue weighted by molar-refractivity contribution is 6.74. The zero-order valence-electron chi connectivity index (χ0n) is 5.53. The van der Waals surface area contributed by atoms with Crippen molar-refractivity contribution in [3.63, 3.8) is 0 Å². The minimum absolute atomic E-state index is 0.391. The van der Waals surface area contributed by atoms with Crippen molar-refractivity contribution in [3.05, 3.63) is 10.1 Å². The van der Waals surface area contributed by atoms with Crippen molar-refractivity contribution in [2.45, 2.75) is 5.38 Å². The molecule has 12 heavy (non-hydrogen) atoms. The van der Waals surface area contributed by atoms with Crippen LogP contribution in [0, 0.1) is 5.41 Å². The Morgan fingerprint density at radius 3 is 2.17 bits per heavy atom. The highest BCUT2D eigenvalue weighted by Gasteiger charge is 2.36. The summed E-state index contributed by atoms with van der Waals surface area (Å²) in [6.45, 7) is 0. The zero-order valence-corrected chi connectivity index (χ0v) is 7.80. The average molecular weight is 226 g/mol. The third kappa shape index (κ3) is 1.28. The summed E-state index contributed by atoms with van der Waals surface area (Å²) in [6, 6.07) is 0. The van der Waals surface area contributed by atoms with Crippen LogP contribution in [-0.2, 0) is 9.59 Å². The molecule has 6 heteroatoms. The molecule has 0 aromatic carbocycles. The third-order valence-corrected chi connectivity index (χ3v) is 2.59. The molecule has 0 saturated heterocycles. The second-order valence-electron chi connectivity index (χ2n) is 2.10. The molecule has 1 unspecified atom stereocenters. The van der Waals surface area contributed by atoms with Crippen LogP contribution in [0.1, 0.15) is 0 Å². The van der Waals surface area contributed by atoms with Crippen LogP contribution in [0.3, 0.4) is 0 Å². The van der Waals surface area contributed by atoms with Crippen LogP contribution in [0.5, 0.6) is 0 Å². The second-order valence-corrected chi connectivity index (χ2v) is 3.29. The third-order valence-electron chi connectivity index (χ3n) is 1.34. The molecule has 64 valence electrons. The van der Waals surface area contributed by atoms with Gasteiger partial charge in [0.05, 0.1) is 0 Å². The summed E-state index contributed by atoms with van der Waals surface area (Å²) in [4.78, 5) is 21.9. The normalized spacial score (nSPS) is 25.2. The van der Waals surface area contributed by atoms with Gasteiger partial charge in [-0.15, -0.1) is 11.6 Å². The van der Waals surface area contributed by atoms with Crippen molar-refractivity contribution < 1.29 is 9.59 Å². The number of allylic oxidation sites excluding steroid dienone is 2. The number of alkyl halides is 1. The van der Waals surface area contributed by atoms with Gasteiger partial charge in [0, 0.05) is 0 Å². The van der Waals surface area contributed by atoms with Crippen LogP contribution in [0.15, 0.2) is 10.1 Å². The summed E-state index contributed by atoms with van der Waals surface area (Å²) in [5, 5.41) is 4.96. The Morgan fingerprint density at radius 1 is 1.17 bits per heavy atom. The lowest BCUT2D eigenvalue weighted by molar-refractivity contribution is -0.116.